The Labute approximate surface area is 130 Å². The van der Waals surface area contributed by atoms with Gasteiger partial charge in [0.2, 0.25) is 5.91 Å². The highest BCUT2D eigenvalue weighted by Crippen LogP contribution is 2.34. The van der Waals surface area contributed by atoms with E-state index < -0.39 is 0 Å². The number of hydrogen-bond acceptors (Lipinski definition) is 3. The number of rotatable bonds is 5. The topological polar surface area (TPSA) is 41.1 Å². The number of carbonyl (C=O) groups is 1. The Morgan fingerprint density at radius 2 is 1.81 bits per heavy atom. The van der Waals surface area contributed by atoms with Gasteiger partial charge in [-0.15, -0.1) is 11.3 Å². The van der Waals surface area contributed by atoms with Crippen LogP contribution >= 0.6 is 11.3 Å². The second-order valence-corrected chi connectivity index (χ2v) is 6.94. The fraction of sp³-hybridized carbons (Fsp3) is 0.471. The normalized spacial score (nSPS) is 14.4. The van der Waals surface area contributed by atoms with Crippen LogP contribution in [-0.2, 0) is 4.79 Å². The third kappa shape index (κ3) is 3.63. The standard InChI is InChI=1S/C17H24N2OS/c1-10(2)18-17(20)13(5)19-12(4)16-11(3)14-8-6-7-9-15(14)21-16/h6-10,12-13,19H,1-5H3,(H,18,20). The van der Waals surface area contributed by atoms with E-state index >= 15 is 0 Å². The van der Waals surface area contributed by atoms with Gasteiger partial charge in [-0.1, -0.05) is 18.2 Å². The number of carbonyl (C=O) groups excluding carboxylic acids is 1. The van der Waals surface area contributed by atoms with E-state index in [4.69, 9.17) is 0 Å². The van der Waals surface area contributed by atoms with E-state index in [9.17, 15) is 4.79 Å². The van der Waals surface area contributed by atoms with Gasteiger partial charge in [0.25, 0.3) is 0 Å². The van der Waals surface area contributed by atoms with Gasteiger partial charge in [0.05, 0.1) is 6.04 Å². The molecule has 1 heterocycles. The minimum Gasteiger partial charge on any atom is -0.353 e. The summed E-state index contributed by atoms with van der Waals surface area (Å²) < 4.78 is 1.30. The highest BCUT2D eigenvalue weighted by atomic mass is 32.1. The molecule has 4 heteroatoms. The Morgan fingerprint density at radius 1 is 1.14 bits per heavy atom. The quantitative estimate of drug-likeness (QED) is 0.883. The molecule has 0 spiro atoms. The molecule has 0 saturated heterocycles. The lowest BCUT2D eigenvalue weighted by atomic mass is 10.1. The second kappa shape index (κ2) is 6.58. The number of hydrogen-bond donors (Lipinski definition) is 2. The number of benzene rings is 1. The Balaban J connectivity index is 2.13. The molecule has 1 amide bonds. The molecule has 21 heavy (non-hydrogen) atoms. The summed E-state index contributed by atoms with van der Waals surface area (Å²) in [5.41, 5.74) is 1.31. The van der Waals surface area contributed by atoms with Crippen molar-refractivity contribution in [2.24, 2.45) is 0 Å². The predicted molar refractivity (Wildman–Crippen MR) is 90.9 cm³/mol. The van der Waals surface area contributed by atoms with Crippen LogP contribution in [0.1, 0.15) is 44.2 Å². The van der Waals surface area contributed by atoms with Gasteiger partial charge in [-0.2, -0.15) is 0 Å². The summed E-state index contributed by atoms with van der Waals surface area (Å²) in [4.78, 5) is 13.3. The third-order valence-electron chi connectivity index (χ3n) is 3.60. The molecule has 2 unspecified atom stereocenters. The van der Waals surface area contributed by atoms with E-state index in [1.165, 1.54) is 20.5 Å². The van der Waals surface area contributed by atoms with Crippen LogP contribution in [0.25, 0.3) is 10.1 Å². The zero-order chi connectivity index (χ0) is 15.6. The Morgan fingerprint density at radius 3 is 2.43 bits per heavy atom. The summed E-state index contributed by atoms with van der Waals surface area (Å²) in [5, 5.41) is 7.65. The Kier molecular flexibility index (Phi) is 5.01. The van der Waals surface area contributed by atoms with Crippen molar-refractivity contribution in [3.63, 3.8) is 0 Å². The zero-order valence-corrected chi connectivity index (χ0v) is 14.2. The molecular weight excluding hydrogens is 280 g/mol. The molecule has 2 N–H and O–H groups in total. The predicted octanol–water partition coefficient (Wildman–Crippen LogP) is 3.77. The van der Waals surface area contributed by atoms with Crippen LogP contribution in [-0.4, -0.2) is 18.0 Å². The number of nitrogens with one attached hydrogen (secondary N) is 2. The number of amides is 1. The molecule has 0 fully saturated rings. The van der Waals surface area contributed by atoms with Crippen molar-refractivity contribution in [2.75, 3.05) is 0 Å². The largest absolute Gasteiger partial charge is 0.353 e. The average Bonchev–Trinajstić information content (AvgIpc) is 2.76. The first kappa shape index (κ1) is 16.0. The summed E-state index contributed by atoms with van der Waals surface area (Å²) in [6, 6.07) is 8.58. The highest BCUT2D eigenvalue weighted by Gasteiger charge is 2.20. The van der Waals surface area contributed by atoms with Crippen molar-refractivity contribution in [3.05, 3.63) is 34.7 Å². The van der Waals surface area contributed by atoms with Crippen LogP contribution in [0.3, 0.4) is 0 Å². The van der Waals surface area contributed by atoms with Crippen molar-refractivity contribution in [2.45, 2.75) is 52.7 Å². The lowest BCUT2D eigenvalue weighted by molar-refractivity contribution is -0.123. The molecule has 2 rings (SSSR count). The average molecular weight is 304 g/mol. The summed E-state index contributed by atoms with van der Waals surface area (Å²) in [6.45, 7) is 10.1. The summed E-state index contributed by atoms with van der Waals surface area (Å²) >= 11 is 1.81. The van der Waals surface area contributed by atoms with E-state index in [2.05, 4.69) is 48.7 Å². The molecule has 0 aliphatic heterocycles. The van der Waals surface area contributed by atoms with Crippen molar-refractivity contribution in [1.29, 1.82) is 0 Å². The highest BCUT2D eigenvalue weighted by molar-refractivity contribution is 7.19. The number of aryl methyl sites for hydroxylation is 1. The number of thiophene rings is 1. The molecule has 0 aliphatic rings. The molecule has 3 nitrogen and oxygen atoms in total. The maximum Gasteiger partial charge on any atom is 0.237 e. The Hall–Kier alpha value is -1.39. The minimum absolute atomic E-state index is 0.0515. The van der Waals surface area contributed by atoms with Crippen LogP contribution in [0.4, 0.5) is 0 Å². The summed E-state index contributed by atoms with van der Waals surface area (Å²) in [6.07, 6.45) is 0. The number of fused-ring (bicyclic) bond motifs is 1. The summed E-state index contributed by atoms with van der Waals surface area (Å²) in [7, 11) is 0. The molecule has 1 aromatic heterocycles. The van der Waals surface area contributed by atoms with E-state index in [-0.39, 0.29) is 24.0 Å². The van der Waals surface area contributed by atoms with Crippen LogP contribution < -0.4 is 10.6 Å². The molecule has 0 radical (unpaired) electrons. The zero-order valence-electron chi connectivity index (χ0n) is 13.4. The van der Waals surface area contributed by atoms with E-state index in [0.29, 0.717) is 0 Å². The van der Waals surface area contributed by atoms with Gasteiger partial charge in [0.1, 0.15) is 0 Å². The molecule has 2 aromatic rings. The van der Waals surface area contributed by atoms with Gasteiger partial charge >= 0.3 is 0 Å². The van der Waals surface area contributed by atoms with Crippen LogP contribution in [0.5, 0.6) is 0 Å². The Bertz CT molecular complexity index is 633. The molecule has 0 aliphatic carbocycles. The maximum absolute atomic E-state index is 12.0. The van der Waals surface area contributed by atoms with E-state index in [1.807, 2.05) is 20.8 Å². The smallest absolute Gasteiger partial charge is 0.237 e. The third-order valence-corrected chi connectivity index (χ3v) is 5.05. The lowest BCUT2D eigenvalue weighted by Gasteiger charge is -2.20. The monoisotopic (exact) mass is 304 g/mol. The van der Waals surface area contributed by atoms with Crippen molar-refractivity contribution < 1.29 is 4.79 Å². The van der Waals surface area contributed by atoms with Crippen LogP contribution in [0.2, 0.25) is 0 Å². The van der Waals surface area contributed by atoms with Crippen molar-refractivity contribution in [3.8, 4) is 0 Å². The molecule has 0 saturated carbocycles. The SMILES string of the molecule is Cc1c(C(C)NC(C)C(=O)NC(C)C)sc2ccccc12. The molecule has 2 atom stereocenters. The molecule has 0 bridgehead atoms. The molecular formula is C17H24N2OS. The van der Waals surface area contributed by atoms with Crippen molar-refractivity contribution >= 4 is 27.3 Å². The minimum atomic E-state index is -0.202. The lowest BCUT2D eigenvalue weighted by Crippen LogP contribution is -2.45. The first-order chi connectivity index (χ1) is 9.90. The fourth-order valence-electron chi connectivity index (χ4n) is 2.54. The van der Waals surface area contributed by atoms with Crippen LogP contribution in [0, 0.1) is 6.92 Å². The fourth-order valence-corrected chi connectivity index (χ4v) is 3.76. The van der Waals surface area contributed by atoms with Gasteiger partial charge in [-0.3, -0.25) is 10.1 Å². The van der Waals surface area contributed by atoms with Gasteiger partial charge in [0, 0.05) is 21.7 Å². The first-order valence-electron chi connectivity index (χ1n) is 7.44. The second-order valence-electron chi connectivity index (χ2n) is 5.86. The van der Waals surface area contributed by atoms with Gasteiger partial charge in [-0.25, -0.2) is 0 Å². The van der Waals surface area contributed by atoms with E-state index in [1.54, 1.807) is 11.3 Å². The maximum atomic E-state index is 12.0. The molecule has 1 aromatic carbocycles. The van der Waals surface area contributed by atoms with Gasteiger partial charge in [0.15, 0.2) is 0 Å². The summed E-state index contributed by atoms with van der Waals surface area (Å²) in [5.74, 6) is 0.0515. The van der Waals surface area contributed by atoms with Gasteiger partial charge < -0.3 is 5.32 Å². The molecule has 114 valence electrons. The van der Waals surface area contributed by atoms with E-state index in [0.717, 1.165) is 0 Å². The van der Waals surface area contributed by atoms with Crippen LogP contribution in [0.15, 0.2) is 24.3 Å². The van der Waals surface area contributed by atoms with Gasteiger partial charge in [-0.05, 0) is 51.6 Å². The van der Waals surface area contributed by atoms with Crippen molar-refractivity contribution in [1.82, 2.24) is 10.6 Å². The first-order valence-corrected chi connectivity index (χ1v) is 8.26.